The molecular formula is C21H22N2O4S. The van der Waals surface area contributed by atoms with Gasteiger partial charge < -0.3 is 19.5 Å². The van der Waals surface area contributed by atoms with Crippen LogP contribution in [0, 0.1) is 0 Å². The molecule has 0 aliphatic heterocycles. The van der Waals surface area contributed by atoms with Gasteiger partial charge in [-0.3, -0.25) is 4.79 Å². The summed E-state index contributed by atoms with van der Waals surface area (Å²) in [6.07, 6.45) is 0. The Balaban J connectivity index is 1.73. The smallest absolute Gasteiger partial charge is 0.255 e. The number of nitrogens with zero attached hydrogens (tertiary/aromatic N) is 1. The van der Waals surface area contributed by atoms with Crippen LogP contribution in [0.5, 0.6) is 17.2 Å². The van der Waals surface area contributed by atoms with Crippen molar-refractivity contribution in [2.75, 3.05) is 18.5 Å². The SMILES string of the molecule is CCOc1ccc(OCC)c(NC(=O)c2cccc(OCc3cscn3)c2)c1. The Morgan fingerprint density at radius 2 is 1.86 bits per heavy atom. The van der Waals surface area contributed by atoms with Gasteiger partial charge in [-0.15, -0.1) is 11.3 Å². The molecule has 0 fully saturated rings. The van der Waals surface area contributed by atoms with Crippen LogP contribution < -0.4 is 19.5 Å². The molecular weight excluding hydrogens is 376 g/mol. The summed E-state index contributed by atoms with van der Waals surface area (Å²) >= 11 is 1.52. The van der Waals surface area contributed by atoms with E-state index in [1.807, 2.05) is 31.4 Å². The van der Waals surface area contributed by atoms with Crippen LogP contribution in [0.15, 0.2) is 53.4 Å². The number of carbonyl (C=O) groups is 1. The van der Waals surface area contributed by atoms with E-state index in [-0.39, 0.29) is 5.91 Å². The minimum absolute atomic E-state index is 0.256. The molecule has 28 heavy (non-hydrogen) atoms. The molecule has 0 aliphatic carbocycles. The maximum Gasteiger partial charge on any atom is 0.255 e. The van der Waals surface area contributed by atoms with E-state index in [0.717, 1.165) is 5.69 Å². The molecule has 0 saturated carbocycles. The molecule has 0 saturated heterocycles. The molecule has 0 radical (unpaired) electrons. The molecule has 0 aliphatic rings. The van der Waals surface area contributed by atoms with Gasteiger partial charge in [0.25, 0.3) is 5.91 Å². The van der Waals surface area contributed by atoms with Gasteiger partial charge in [0.2, 0.25) is 0 Å². The number of aromatic nitrogens is 1. The second kappa shape index (κ2) is 9.75. The Morgan fingerprint density at radius 3 is 2.61 bits per heavy atom. The van der Waals surface area contributed by atoms with Gasteiger partial charge in [-0.1, -0.05) is 6.07 Å². The zero-order valence-electron chi connectivity index (χ0n) is 15.8. The van der Waals surface area contributed by atoms with Crippen LogP contribution >= 0.6 is 11.3 Å². The first-order valence-corrected chi connectivity index (χ1v) is 9.94. The molecule has 0 unspecified atom stereocenters. The largest absolute Gasteiger partial charge is 0.494 e. The summed E-state index contributed by atoms with van der Waals surface area (Å²) in [6, 6.07) is 12.4. The molecule has 6 nitrogen and oxygen atoms in total. The van der Waals surface area contributed by atoms with Crippen molar-refractivity contribution in [2.24, 2.45) is 0 Å². The van der Waals surface area contributed by atoms with E-state index in [4.69, 9.17) is 14.2 Å². The van der Waals surface area contributed by atoms with Crippen LogP contribution in [0.2, 0.25) is 0 Å². The molecule has 3 rings (SSSR count). The van der Waals surface area contributed by atoms with Crippen molar-refractivity contribution in [3.63, 3.8) is 0 Å². The summed E-state index contributed by atoms with van der Waals surface area (Å²) in [6.45, 7) is 5.20. The summed E-state index contributed by atoms with van der Waals surface area (Å²) in [4.78, 5) is 16.9. The van der Waals surface area contributed by atoms with Crippen LogP contribution in [0.1, 0.15) is 29.9 Å². The number of carbonyl (C=O) groups excluding carboxylic acids is 1. The zero-order valence-corrected chi connectivity index (χ0v) is 16.6. The highest BCUT2D eigenvalue weighted by Gasteiger charge is 2.12. The van der Waals surface area contributed by atoms with Gasteiger partial charge >= 0.3 is 0 Å². The lowest BCUT2D eigenvalue weighted by Crippen LogP contribution is -2.13. The number of nitrogens with one attached hydrogen (secondary N) is 1. The molecule has 2 aromatic carbocycles. The monoisotopic (exact) mass is 398 g/mol. The average Bonchev–Trinajstić information content (AvgIpc) is 3.23. The molecule has 0 atom stereocenters. The van der Waals surface area contributed by atoms with Crippen LogP contribution in [-0.2, 0) is 6.61 Å². The molecule has 1 N–H and O–H groups in total. The van der Waals surface area contributed by atoms with E-state index in [0.29, 0.717) is 48.3 Å². The number of anilines is 1. The summed E-state index contributed by atoms with van der Waals surface area (Å²) in [5.41, 5.74) is 3.66. The van der Waals surface area contributed by atoms with E-state index in [1.165, 1.54) is 11.3 Å². The third-order valence-electron chi connectivity index (χ3n) is 3.78. The van der Waals surface area contributed by atoms with Crippen molar-refractivity contribution in [2.45, 2.75) is 20.5 Å². The molecule has 3 aromatic rings. The van der Waals surface area contributed by atoms with Crippen molar-refractivity contribution < 1.29 is 19.0 Å². The first-order chi connectivity index (χ1) is 13.7. The molecule has 0 bridgehead atoms. The minimum Gasteiger partial charge on any atom is -0.494 e. The average molecular weight is 398 g/mol. The van der Waals surface area contributed by atoms with Crippen molar-refractivity contribution >= 4 is 22.9 Å². The van der Waals surface area contributed by atoms with Crippen LogP contribution in [-0.4, -0.2) is 24.1 Å². The Bertz CT molecular complexity index is 913. The third kappa shape index (κ3) is 5.23. The number of thiazole rings is 1. The number of hydrogen-bond acceptors (Lipinski definition) is 6. The van der Waals surface area contributed by atoms with Gasteiger partial charge in [0.05, 0.1) is 30.1 Å². The Morgan fingerprint density at radius 1 is 1.04 bits per heavy atom. The van der Waals surface area contributed by atoms with Crippen molar-refractivity contribution in [1.29, 1.82) is 0 Å². The highest BCUT2D eigenvalue weighted by atomic mass is 32.1. The predicted molar refractivity (Wildman–Crippen MR) is 110 cm³/mol. The Labute approximate surface area is 168 Å². The maximum atomic E-state index is 12.8. The standard InChI is InChI=1S/C21H22N2O4S/c1-3-25-18-8-9-20(26-4-2)19(11-18)23-21(24)15-6-5-7-17(10-15)27-12-16-13-28-14-22-16/h5-11,13-14H,3-4,12H2,1-2H3,(H,23,24). The minimum atomic E-state index is -0.256. The molecule has 1 aromatic heterocycles. The molecule has 1 heterocycles. The Kier molecular flexibility index (Phi) is 6.86. The van der Waals surface area contributed by atoms with Gasteiger partial charge in [0, 0.05) is 17.0 Å². The van der Waals surface area contributed by atoms with Crippen LogP contribution in [0.3, 0.4) is 0 Å². The number of rotatable bonds is 9. The van der Waals surface area contributed by atoms with Crippen molar-refractivity contribution in [3.8, 4) is 17.2 Å². The fourth-order valence-electron chi connectivity index (χ4n) is 2.53. The zero-order chi connectivity index (χ0) is 19.8. The van der Waals surface area contributed by atoms with Crippen LogP contribution in [0.25, 0.3) is 0 Å². The number of amides is 1. The lowest BCUT2D eigenvalue weighted by molar-refractivity contribution is 0.102. The fraction of sp³-hybridized carbons (Fsp3) is 0.238. The van der Waals surface area contributed by atoms with Gasteiger partial charge in [-0.25, -0.2) is 4.98 Å². The van der Waals surface area contributed by atoms with Crippen molar-refractivity contribution in [3.05, 3.63) is 64.6 Å². The summed E-state index contributed by atoms with van der Waals surface area (Å²) in [7, 11) is 0. The van der Waals surface area contributed by atoms with E-state index in [9.17, 15) is 4.79 Å². The van der Waals surface area contributed by atoms with E-state index in [1.54, 1.807) is 35.8 Å². The molecule has 0 spiro atoms. The van der Waals surface area contributed by atoms with Crippen LogP contribution in [0.4, 0.5) is 5.69 Å². The fourth-order valence-corrected chi connectivity index (χ4v) is 3.08. The van der Waals surface area contributed by atoms with Gasteiger partial charge in [-0.05, 0) is 44.2 Å². The molecule has 7 heteroatoms. The van der Waals surface area contributed by atoms with E-state index >= 15 is 0 Å². The first kappa shape index (κ1) is 19.7. The lowest BCUT2D eigenvalue weighted by Gasteiger charge is -2.14. The third-order valence-corrected chi connectivity index (χ3v) is 4.41. The number of ether oxygens (including phenoxy) is 3. The van der Waals surface area contributed by atoms with Gasteiger partial charge in [0.15, 0.2) is 0 Å². The normalized spacial score (nSPS) is 10.4. The predicted octanol–water partition coefficient (Wildman–Crippen LogP) is 4.77. The highest BCUT2D eigenvalue weighted by Crippen LogP contribution is 2.30. The quantitative estimate of drug-likeness (QED) is 0.562. The highest BCUT2D eigenvalue weighted by molar-refractivity contribution is 7.07. The topological polar surface area (TPSA) is 69.7 Å². The Hall–Kier alpha value is -3.06. The van der Waals surface area contributed by atoms with Gasteiger partial charge in [0.1, 0.15) is 23.9 Å². The maximum absolute atomic E-state index is 12.8. The second-order valence-electron chi connectivity index (χ2n) is 5.77. The lowest BCUT2D eigenvalue weighted by atomic mass is 10.2. The number of benzene rings is 2. The van der Waals surface area contributed by atoms with E-state index in [2.05, 4.69) is 10.3 Å². The molecule has 146 valence electrons. The van der Waals surface area contributed by atoms with E-state index < -0.39 is 0 Å². The van der Waals surface area contributed by atoms with Gasteiger partial charge in [-0.2, -0.15) is 0 Å². The number of hydrogen-bond donors (Lipinski definition) is 1. The summed E-state index contributed by atoms with van der Waals surface area (Å²) < 4.78 is 16.9. The second-order valence-corrected chi connectivity index (χ2v) is 6.49. The summed E-state index contributed by atoms with van der Waals surface area (Å²) in [5, 5.41) is 4.82. The molecule has 1 amide bonds. The van der Waals surface area contributed by atoms with Crippen molar-refractivity contribution in [1.82, 2.24) is 4.98 Å². The summed E-state index contributed by atoms with van der Waals surface area (Å²) in [5.74, 6) is 1.61. The first-order valence-electron chi connectivity index (χ1n) is 9.00.